The summed E-state index contributed by atoms with van der Waals surface area (Å²) in [5, 5.41) is 19.0. The van der Waals surface area contributed by atoms with E-state index < -0.39 is 33.0 Å². The van der Waals surface area contributed by atoms with Crippen molar-refractivity contribution in [3.05, 3.63) is 54.6 Å². The minimum Gasteiger partial charge on any atom is -0.479 e. The van der Waals surface area contributed by atoms with Gasteiger partial charge in [-0.05, 0) is 25.1 Å². The van der Waals surface area contributed by atoms with Gasteiger partial charge in [0.2, 0.25) is 5.88 Å². The maximum absolute atomic E-state index is 15.3. The van der Waals surface area contributed by atoms with Crippen LogP contribution in [0, 0.1) is 11.6 Å². The van der Waals surface area contributed by atoms with Crippen molar-refractivity contribution in [3.8, 4) is 22.8 Å². The fourth-order valence-corrected chi connectivity index (χ4v) is 4.38. The number of ether oxygens (including phenoxy) is 1. The molecule has 0 amide bonds. The number of aryl methyl sites for hydroxylation is 1. The average Bonchev–Trinajstić information content (AvgIpc) is 3.60. The van der Waals surface area contributed by atoms with Gasteiger partial charge in [-0.2, -0.15) is 5.10 Å². The van der Waals surface area contributed by atoms with Gasteiger partial charge in [0.1, 0.15) is 16.3 Å². The Morgan fingerprint density at radius 1 is 1.20 bits per heavy atom. The van der Waals surface area contributed by atoms with Crippen LogP contribution in [0.25, 0.3) is 28.0 Å². The molecule has 5 rings (SSSR count). The molecule has 35 heavy (non-hydrogen) atoms. The number of nitrogens with one attached hydrogen (secondary N) is 2. The van der Waals surface area contributed by atoms with Crippen molar-refractivity contribution in [2.24, 2.45) is 0 Å². The summed E-state index contributed by atoms with van der Waals surface area (Å²) in [5.74, 6) is -1.81. The van der Waals surface area contributed by atoms with Gasteiger partial charge in [0.05, 0.1) is 30.6 Å². The largest absolute Gasteiger partial charge is 0.479 e. The molecule has 0 atom stereocenters. The highest BCUT2D eigenvalue weighted by Gasteiger charge is 2.23. The molecule has 5 aromatic rings. The second-order valence-corrected chi connectivity index (χ2v) is 8.98. The van der Waals surface area contributed by atoms with Crippen LogP contribution in [0.5, 0.6) is 5.88 Å². The first-order chi connectivity index (χ1) is 16.8. The van der Waals surface area contributed by atoms with Crippen LogP contribution in [0.15, 0.2) is 47.9 Å². The molecule has 0 radical (unpaired) electrons. The van der Waals surface area contributed by atoms with Crippen LogP contribution in [-0.4, -0.2) is 55.5 Å². The summed E-state index contributed by atoms with van der Waals surface area (Å²) in [7, 11) is -2.71. The van der Waals surface area contributed by atoms with E-state index in [0.29, 0.717) is 29.0 Å². The molecule has 12 nitrogen and oxygen atoms in total. The molecule has 0 saturated carbocycles. The number of methoxy groups -OCH3 is 1. The van der Waals surface area contributed by atoms with Crippen molar-refractivity contribution < 1.29 is 21.9 Å². The van der Waals surface area contributed by atoms with Crippen molar-refractivity contribution in [3.63, 3.8) is 0 Å². The van der Waals surface area contributed by atoms with E-state index in [1.54, 1.807) is 13.0 Å². The van der Waals surface area contributed by atoms with Crippen molar-refractivity contribution >= 4 is 26.7 Å². The van der Waals surface area contributed by atoms with Gasteiger partial charge < -0.3 is 4.74 Å². The normalized spacial score (nSPS) is 11.8. The number of aromatic nitrogens is 8. The van der Waals surface area contributed by atoms with Gasteiger partial charge in [-0.1, -0.05) is 5.21 Å². The lowest BCUT2D eigenvalue weighted by molar-refractivity contribution is 0.401. The molecule has 4 heterocycles. The summed E-state index contributed by atoms with van der Waals surface area (Å²) in [6, 6.07) is 3.60. The van der Waals surface area contributed by atoms with E-state index in [1.165, 1.54) is 30.4 Å². The molecule has 4 aromatic heterocycles. The molecule has 1 aromatic carbocycles. The zero-order valence-electron chi connectivity index (χ0n) is 18.3. The topological polar surface area (TPSA) is 146 Å². The van der Waals surface area contributed by atoms with Crippen LogP contribution in [0.2, 0.25) is 0 Å². The quantitative estimate of drug-likeness (QED) is 0.346. The summed E-state index contributed by atoms with van der Waals surface area (Å²) in [6.45, 7) is 2.24. The molecule has 0 aliphatic carbocycles. The fraction of sp³-hybridized carbons (Fsp3) is 0.150. The molecule has 15 heteroatoms. The molecule has 0 bridgehead atoms. The van der Waals surface area contributed by atoms with E-state index in [1.807, 2.05) is 0 Å². The van der Waals surface area contributed by atoms with Crippen LogP contribution in [-0.2, 0) is 16.6 Å². The van der Waals surface area contributed by atoms with E-state index >= 15 is 4.39 Å². The Kier molecular flexibility index (Phi) is 5.39. The summed E-state index contributed by atoms with van der Waals surface area (Å²) < 4.78 is 64.8. The third-order valence-electron chi connectivity index (χ3n) is 5.15. The molecule has 0 fully saturated rings. The maximum atomic E-state index is 15.3. The second-order valence-electron chi connectivity index (χ2n) is 7.30. The standard InChI is InChI=1S/C20H17F2N9O3S/c1-3-30-9-12(8-24-30)35(32,33)28-15-5-4-14(21)18(17(15)22)31-10-16(25-29-31)11-6-13-19(23-7-11)26-27-20(13)34-2/h4-10,28H,3H2,1-2H3,(H,23,26,27). The SMILES string of the molecule is CCn1cc(S(=O)(=O)Nc2ccc(F)c(-n3cc(-c4cnc5[nH]nc(OC)c5c4)nn3)c2F)cn1. The molecule has 2 N–H and O–H groups in total. The summed E-state index contributed by atoms with van der Waals surface area (Å²) in [5.41, 5.74) is 0.171. The maximum Gasteiger partial charge on any atom is 0.265 e. The van der Waals surface area contributed by atoms with E-state index in [4.69, 9.17) is 4.74 Å². The monoisotopic (exact) mass is 501 g/mol. The number of H-pyrrole nitrogens is 1. The van der Waals surface area contributed by atoms with Crippen LogP contribution in [0.4, 0.5) is 14.5 Å². The predicted molar refractivity (Wildman–Crippen MR) is 119 cm³/mol. The number of benzene rings is 1. The van der Waals surface area contributed by atoms with Crippen LogP contribution in [0.3, 0.4) is 0 Å². The molecule has 0 aliphatic rings. The van der Waals surface area contributed by atoms with Gasteiger partial charge in [0.25, 0.3) is 10.0 Å². The molecule has 0 unspecified atom stereocenters. The Balaban J connectivity index is 1.50. The third kappa shape index (κ3) is 3.95. The van der Waals surface area contributed by atoms with E-state index in [-0.39, 0.29) is 10.6 Å². The second kappa shape index (κ2) is 8.43. The minimum atomic E-state index is -4.17. The first-order valence-corrected chi connectivity index (χ1v) is 11.6. The Labute approximate surface area is 196 Å². The van der Waals surface area contributed by atoms with Gasteiger partial charge in [-0.15, -0.1) is 10.2 Å². The molecule has 180 valence electrons. The highest BCUT2D eigenvalue weighted by molar-refractivity contribution is 7.92. The lowest BCUT2D eigenvalue weighted by Gasteiger charge is -2.11. The number of nitrogens with zero attached hydrogens (tertiary/aromatic N) is 7. The number of pyridine rings is 1. The lowest BCUT2D eigenvalue weighted by Crippen LogP contribution is -2.15. The number of fused-ring (bicyclic) bond motifs is 1. The third-order valence-corrected chi connectivity index (χ3v) is 6.47. The van der Waals surface area contributed by atoms with Gasteiger partial charge in [0.15, 0.2) is 17.3 Å². The Hall–Kier alpha value is -4.40. The fourth-order valence-electron chi connectivity index (χ4n) is 3.37. The van der Waals surface area contributed by atoms with Gasteiger partial charge >= 0.3 is 0 Å². The van der Waals surface area contributed by atoms with Crippen molar-refractivity contribution in [2.45, 2.75) is 18.4 Å². The van der Waals surface area contributed by atoms with Crippen molar-refractivity contribution in [1.82, 2.24) is 40.0 Å². The number of hydrogen-bond donors (Lipinski definition) is 2. The summed E-state index contributed by atoms with van der Waals surface area (Å²) in [4.78, 5) is 4.07. The van der Waals surface area contributed by atoms with Crippen molar-refractivity contribution in [2.75, 3.05) is 11.8 Å². The molecular weight excluding hydrogens is 484 g/mol. The van der Waals surface area contributed by atoms with E-state index in [9.17, 15) is 12.8 Å². The van der Waals surface area contributed by atoms with Gasteiger partial charge in [-0.25, -0.2) is 26.9 Å². The van der Waals surface area contributed by atoms with E-state index in [2.05, 4.69) is 35.3 Å². The lowest BCUT2D eigenvalue weighted by atomic mass is 10.2. The zero-order chi connectivity index (χ0) is 24.7. The zero-order valence-corrected chi connectivity index (χ0v) is 19.1. The number of halogens is 2. The molecule has 0 saturated heterocycles. The first kappa shape index (κ1) is 22.4. The predicted octanol–water partition coefficient (Wildman–Crippen LogP) is 2.51. The Morgan fingerprint density at radius 2 is 2.03 bits per heavy atom. The van der Waals surface area contributed by atoms with Gasteiger partial charge in [-0.3, -0.25) is 14.5 Å². The Bertz CT molecular complexity index is 1660. The van der Waals surface area contributed by atoms with E-state index in [0.717, 1.165) is 23.0 Å². The first-order valence-electron chi connectivity index (χ1n) is 10.1. The van der Waals surface area contributed by atoms with Crippen LogP contribution in [0.1, 0.15) is 6.92 Å². The Morgan fingerprint density at radius 3 is 2.77 bits per heavy atom. The number of rotatable bonds is 7. The smallest absolute Gasteiger partial charge is 0.265 e. The number of sulfonamides is 1. The summed E-state index contributed by atoms with van der Waals surface area (Å²) in [6.07, 6.45) is 5.22. The average molecular weight is 501 g/mol. The van der Waals surface area contributed by atoms with Gasteiger partial charge in [0, 0.05) is 24.5 Å². The van der Waals surface area contributed by atoms with Crippen molar-refractivity contribution in [1.29, 1.82) is 0 Å². The molecular formula is C20H17F2N9O3S. The highest BCUT2D eigenvalue weighted by Crippen LogP contribution is 2.29. The number of hydrogen-bond acceptors (Lipinski definition) is 8. The number of aromatic amines is 1. The molecule has 0 aliphatic heterocycles. The van der Waals surface area contributed by atoms with Crippen LogP contribution < -0.4 is 9.46 Å². The molecule has 0 spiro atoms. The summed E-state index contributed by atoms with van der Waals surface area (Å²) >= 11 is 0. The number of anilines is 1. The highest BCUT2D eigenvalue weighted by atomic mass is 32.2. The van der Waals surface area contributed by atoms with Crippen LogP contribution >= 0.6 is 0 Å². The minimum absolute atomic E-state index is 0.162.